The molecule has 152 valence electrons. The molecule has 0 saturated carbocycles. The van der Waals surface area contributed by atoms with E-state index in [1.54, 1.807) is 24.3 Å². The molecule has 0 radical (unpaired) electrons. The predicted octanol–water partition coefficient (Wildman–Crippen LogP) is 2.62. The Morgan fingerprint density at radius 2 is 1.93 bits per heavy atom. The molecule has 1 fully saturated rings. The third kappa shape index (κ3) is 3.80. The standard InChI is InChI=1S/C22H19N3O5/c1-29-15-7-8-18-16(11-15)17(12-19(24-18)14-5-3-2-4-6-14)21(27)30-13-20(26)25-10-9-23-22(25)28/h2-8,11-12H,9-10,13H2,1H3,(H,23,28). The topological polar surface area (TPSA) is 97.8 Å². The average molecular weight is 405 g/mol. The molecular weight excluding hydrogens is 386 g/mol. The van der Waals surface area contributed by atoms with E-state index in [-0.39, 0.29) is 12.1 Å². The number of pyridine rings is 1. The van der Waals surface area contributed by atoms with E-state index in [9.17, 15) is 14.4 Å². The molecule has 3 amide bonds. The van der Waals surface area contributed by atoms with Crippen LogP contribution >= 0.6 is 0 Å². The van der Waals surface area contributed by atoms with E-state index in [1.165, 1.54) is 7.11 Å². The molecule has 1 aliphatic heterocycles. The number of rotatable bonds is 5. The molecule has 3 aromatic rings. The smallest absolute Gasteiger partial charge is 0.339 e. The van der Waals surface area contributed by atoms with Crippen molar-refractivity contribution >= 4 is 28.8 Å². The van der Waals surface area contributed by atoms with E-state index in [1.807, 2.05) is 30.3 Å². The van der Waals surface area contributed by atoms with Crippen LogP contribution < -0.4 is 10.1 Å². The summed E-state index contributed by atoms with van der Waals surface area (Å²) in [6.07, 6.45) is 0. The first-order chi connectivity index (χ1) is 14.6. The predicted molar refractivity (Wildman–Crippen MR) is 109 cm³/mol. The van der Waals surface area contributed by atoms with Gasteiger partial charge in [0.05, 0.1) is 23.9 Å². The van der Waals surface area contributed by atoms with E-state index in [0.717, 1.165) is 10.5 Å². The zero-order valence-corrected chi connectivity index (χ0v) is 16.3. The summed E-state index contributed by atoms with van der Waals surface area (Å²) in [6.45, 7) is 0.108. The van der Waals surface area contributed by atoms with Gasteiger partial charge in [-0.05, 0) is 24.3 Å². The molecule has 1 aliphatic rings. The molecule has 8 heteroatoms. The van der Waals surface area contributed by atoms with Gasteiger partial charge in [-0.2, -0.15) is 0 Å². The van der Waals surface area contributed by atoms with Crippen molar-refractivity contribution in [2.75, 3.05) is 26.8 Å². The van der Waals surface area contributed by atoms with E-state index in [4.69, 9.17) is 9.47 Å². The quantitative estimate of drug-likeness (QED) is 0.656. The van der Waals surface area contributed by atoms with Gasteiger partial charge in [-0.1, -0.05) is 30.3 Å². The summed E-state index contributed by atoms with van der Waals surface area (Å²) in [4.78, 5) is 42.4. The second kappa shape index (κ2) is 8.20. The van der Waals surface area contributed by atoms with Gasteiger partial charge in [0.1, 0.15) is 5.75 Å². The Balaban J connectivity index is 1.67. The summed E-state index contributed by atoms with van der Waals surface area (Å²) in [5.41, 5.74) is 2.30. The van der Waals surface area contributed by atoms with Crippen molar-refractivity contribution in [3.63, 3.8) is 0 Å². The highest BCUT2D eigenvalue weighted by Crippen LogP contribution is 2.28. The third-order valence-corrected chi connectivity index (χ3v) is 4.79. The van der Waals surface area contributed by atoms with Gasteiger partial charge >= 0.3 is 12.0 Å². The molecule has 30 heavy (non-hydrogen) atoms. The number of imide groups is 1. The highest BCUT2D eigenvalue weighted by atomic mass is 16.5. The minimum absolute atomic E-state index is 0.253. The lowest BCUT2D eigenvalue weighted by Crippen LogP contribution is -2.37. The van der Waals surface area contributed by atoms with Crippen LogP contribution in [0.25, 0.3) is 22.2 Å². The lowest BCUT2D eigenvalue weighted by molar-refractivity contribution is -0.130. The average Bonchev–Trinajstić information content (AvgIpc) is 3.22. The van der Waals surface area contributed by atoms with E-state index < -0.39 is 24.5 Å². The summed E-state index contributed by atoms with van der Waals surface area (Å²) in [5, 5.41) is 3.08. The number of fused-ring (bicyclic) bond motifs is 1. The van der Waals surface area contributed by atoms with Gasteiger partial charge in [0.2, 0.25) is 0 Å². The van der Waals surface area contributed by atoms with Gasteiger partial charge in [-0.3, -0.25) is 9.69 Å². The van der Waals surface area contributed by atoms with Crippen LogP contribution in [0.5, 0.6) is 5.75 Å². The van der Waals surface area contributed by atoms with Crippen LogP contribution in [0, 0.1) is 0 Å². The Labute approximate surface area is 172 Å². The molecule has 0 spiro atoms. The number of nitrogens with zero attached hydrogens (tertiary/aromatic N) is 2. The second-order valence-electron chi connectivity index (χ2n) is 6.66. The van der Waals surface area contributed by atoms with Crippen LogP contribution in [0.15, 0.2) is 54.6 Å². The Hall–Kier alpha value is -3.94. The van der Waals surface area contributed by atoms with E-state index in [2.05, 4.69) is 10.3 Å². The van der Waals surface area contributed by atoms with Crippen molar-refractivity contribution in [3.05, 3.63) is 60.2 Å². The number of nitrogens with one attached hydrogen (secondary N) is 1. The maximum absolute atomic E-state index is 12.9. The van der Waals surface area contributed by atoms with Crippen molar-refractivity contribution in [1.29, 1.82) is 0 Å². The summed E-state index contributed by atoms with van der Waals surface area (Å²) in [6, 6.07) is 15.8. The van der Waals surface area contributed by atoms with Crippen LogP contribution in [-0.2, 0) is 9.53 Å². The van der Waals surface area contributed by atoms with Gasteiger partial charge in [0, 0.05) is 24.0 Å². The van der Waals surface area contributed by atoms with Gasteiger partial charge in [-0.25, -0.2) is 14.6 Å². The molecule has 2 aromatic carbocycles. The van der Waals surface area contributed by atoms with Crippen LogP contribution in [0.4, 0.5) is 4.79 Å². The van der Waals surface area contributed by atoms with Crippen molar-refractivity contribution in [2.24, 2.45) is 0 Å². The fourth-order valence-electron chi connectivity index (χ4n) is 3.25. The first kappa shape index (κ1) is 19.4. The normalized spacial score (nSPS) is 13.2. The Bertz CT molecular complexity index is 1130. The maximum atomic E-state index is 12.9. The minimum atomic E-state index is -0.680. The van der Waals surface area contributed by atoms with Crippen molar-refractivity contribution < 1.29 is 23.9 Å². The SMILES string of the molecule is COc1ccc2nc(-c3ccccc3)cc(C(=O)OCC(=O)N3CCNC3=O)c2c1. The molecular formula is C22H19N3O5. The first-order valence-corrected chi connectivity index (χ1v) is 9.36. The fraction of sp³-hybridized carbons (Fsp3) is 0.182. The number of hydrogen-bond acceptors (Lipinski definition) is 6. The van der Waals surface area contributed by atoms with Crippen molar-refractivity contribution in [3.8, 4) is 17.0 Å². The van der Waals surface area contributed by atoms with Crippen LogP contribution in [-0.4, -0.2) is 54.6 Å². The van der Waals surface area contributed by atoms with Crippen LogP contribution in [0.1, 0.15) is 10.4 Å². The lowest BCUT2D eigenvalue weighted by atomic mass is 10.0. The Kier molecular flexibility index (Phi) is 5.30. The lowest BCUT2D eigenvalue weighted by Gasteiger charge is -2.13. The molecule has 0 aliphatic carbocycles. The molecule has 1 aromatic heterocycles. The molecule has 8 nitrogen and oxygen atoms in total. The molecule has 4 rings (SSSR count). The second-order valence-corrected chi connectivity index (χ2v) is 6.66. The number of hydrogen-bond donors (Lipinski definition) is 1. The number of amides is 3. The highest BCUT2D eigenvalue weighted by Gasteiger charge is 2.27. The number of carbonyl (C=O) groups is 3. The van der Waals surface area contributed by atoms with Crippen molar-refractivity contribution in [2.45, 2.75) is 0 Å². The number of urea groups is 1. The number of esters is 1. The summed E-state index contributed by atoms with van der Waals surface area (Å²) < 4.78 is 10.5. The fourth-order valence-corrected chi connectivity index (χ4v) is 3.25. The zero-order chi connectivity index (χ0) is 21.1. The Morgan fingerprint density at radius 3 is 2.63 bits per heavy atom. The monoisotopic (exact) mass is 405 g/mol. The van der Waals surface area contributed by atoms with Gasteiger partial charge in [0.15, 0.2) is 6.61 Å². The molecule has 0 atom stereocenters. The van der Waals surface area contributed by atoms with Crippen LogP contribution in [0.3, 0.4) is 0 Å². The minimum Gasteiger partial charge on any atom is -0.497 e. The van der Waals surface area contributed by atoms with E-state index >= 15 is 0 Å². The summed E-state index contributed by atoms with van der Waals surface area (Å²) in [5.74, 6) is -0.686. The number of ether oxygens (including phenoxy) is 2. The zero-order valence-electron chi connectivity index (χ0n) is 16.3. The van der Waals surface area contributed by atoms with Gasteiger partial charge in [-0.15, -0.1) is 0 Å². The molecule has 0 bridgehead atoms. The number of aromatic nitrogens is 1. The van der Waals surface area contributed by atoms with Gasteiger partial charge < -0.3 is 14.8 Å². The maximum Gasteiger partial charge on any atom is 0.339 e. The number of benzene rings is 2. The molecule has 1 saturated heterocycles. The van der Waals surface area contributed by atoms with Gasteiger partial charge in [0.25, 0.3) is 5.91 Å². The largest absolute Gasteiger partial charge is 0.497 e. The summed E-state index contributed by atoms with van der Waals surface area (Å²) >= 11 is 0. The third-order valence-electron chi connectivity index (χ3n) is 4.79. The highest BCUT2D eigenvalue weighted by molar-refractivity contribution is 6.06. The number of carbonyl (C=O) groups excluding carboxylic acids is 3. The first-order valence-electron chi connectivity index (χ1n) is 9.36. The van der Waals surface area contributed by atoms with Crippen LogP contribution in [0.2, 0.25) is 0 Å². The molecule has 1 N–H and O–H groups in total. The summed E-state index contributed by atoms with van der Waals surface area (Å²) in [7, 11) is 1.53. The number of methoxy groups -OCH3 is 1. The van der Waals surface area contributed by atoms with E-state index in [0.29, 0.717) is 28.9 Å². The van der Waals surface area contributed by atoms with Crippen molar-refractivity contribution in [1.82, 2.24) is 15.2 Å². The Morgan fingerprint density at radius 1 is 1.13 bits per heavy atom. The molecule has 2 heterocycles. The molecule has 0 unspecified atom stereocenters.